The number of hydrogen-bond acceptors (Lipinski definition) is 4. The maximum Gasteiger partial charge on any atom is 0.163 e. The minimum atomic E-state index is -0.185. The third-order valence-corrected chi connectivity index (χ3v) is 5.98. The normalized spacial score (nSPS) is 15.4. The number of aromatic nitrogens is 2. The predicted molar refractivity (Wildman–Crippen MR) is 120 cm³/mol. The number of imidazole rings is 1. The number of fused-ring (bicyclic) bond motifs is 1. The van der Waals surface area contributed by atoms with Crippen LogP contribution in [0, 0.1) is 0 Å². The van der Waals surface area contributed by atoms with Gasteiger partial charge in [0.25, 0.3) is 0 Å². The molecule has 3 aromatic rings. The molecule has 0 radical (unpaired) electrons. The summed E-state index contributed by atoms with van der Waals surface area (Å²) in [5, 5.41) is 0. The van der Waals surface area contributed by atoms with Gasteiger partial charge in [-0.05, 0) is 49.4 Å². The van der Waals surface area contributed by atoms with E-state index in [0.29, 0.717) is 19.6 Å². The van der Waals surface area contributed by atoms with E-state index in [2.05, 4.69) is 31.0 Å². The molecule has 2 atom stereocenters. The molecule has 31 heavy (non-hydrogen) atoms. The molecule has 1 heterocycles. The average molecular weight is 419 g/mol. The van der Waals surface area contributed by atoms with Gasteiger partial charge in [-0.3, -0.25) is 4.79 Å². The molecule has 5 heteroatoms. The highest BCUT2D eigenvalue weighted by Crippen LogP contribution is 2.35. The van der Waals surface area contributed by atoms with Crippen molar-refractivity contribution in [1.29, 1.82) is 0 Å². The van der Waals surface area contributed by atoms with Gasteiger partial charge in [-0.25, -0.2) is 4.98 Å². The molecular formula is C26H30N2O3. The van der Waals surface area contributed by atoms with Crippen molar-refractivity contribution in [2.75, 3.05) is 0 Å². The number of ketones is 1. The van der Waals surface area contributed by atoms with Crippen molar-refractivity contribution in [2.45, 2.75) is 64.9 Å². The fraction of sp³-hybridized carbons (Fsp3) is 0.385. The van der Waals surface area contributed by atoms with Crippen molar-refractivity contribution < 1.29 is 14.3 Å². The van der Waals surface area contributed by atoms with Crippen LogP contribution in [0.5, 0.6) is 5.75 Å². The molecule has 0 saturated carbocycles. The maximum absolute atomic E-state index is 12.5. The summed E-state index contributed by atoms with van der Waals surface area (Å²) in [6, 6.07) is 14.1. The number of nitrogens with zero attached hydrogens (tertiary/aromatic N) is 2. The highest BCUT2D eigenvalue weighted by Gasteiger charge is 2.25. The minimum Gasteiger partial charge on any atom is -0.483 e. The molecule has 0 bridgehead atoms. The minimum absolute atomic E-state index is 0.152. The molecule has 0 aliphatic heterocycles. The lowest BCUT2D eigenvalue weighted by Crippen LogP contribution is -2.19. The molecule has 162 valence electrons. The molecule has 1 aliphatic carbocycles. The number of hydrogen-bond donors (Lipinski definition) is 0. The highest BCUT2D eigenvalue weighted by molar-refractivity contribution is 5.99. The molecule has 2 aromatic carbocycles. The number of Topliss-reactive ketones (excluding diaryl/α,β-unsaturated/α-hetero) is 1. The summed E-state index contributed by atoms with van der Waals surface area (Å²) in [5.74, 6) is 1.02. The van der Waals surface area contributed by atoms with Gasteiger partial charge in [-0.1, -0.05) is 37.3 Å². The van der Waals surface area contributed by atoms with E-state index < -0.39 is 0 Å². The van der Waals surface area contributed by atoms with Crippen LogP contribution in [0.15, 0.2) is 61.2 Å². The first-order valence-corrected chi connectivity index (χ1v) is 11.1. The van der Waals surface area contributed by atoms with Gasteiger partial charge in [-0.15, -0.1) is 0 Å². The van der Waals surface area contributed by atoms with Crippen molar-refractivity contribution in [1.82, 2.24) is 9.55 Å². The third-order valence-electron chi connectivity index (χ3n) is 5.98. The molecule has 0 saturated heterocycles. The van der Waals surface area contributed by atoms with Gasteiger partial charge in [-0.2, -0.15) is 0 Å². The lowest BCUT2D eigenvalue weighted by atomic mass is 9.87. The molecule has 5 nitrogen and oxygen atoms in total. The zero-order chi connectivity index (χ0) is 21.6. The smallest absolute Gasteiger partial charge is 0.163 e. The lowest BCUT2D eigenvalue weighted by Gasteiger charge is -2.26. The van der Waals surface area contributed by atoms with E-state index in [1.807, 2.05) is 41.1 Å². The summed E-state index contributed by atoms with van der Waals surface area (Å²) in [5.41, 5.74) is 4.02. The maximum atomic E-state index is 12.5. The van der Waals surface area contributed by atoms with Crippen molar-refractivity contribution in [3.63, 3.8) is 0 Å². The van der Waals surface area contributed by atoms with Gasteiger partial charge in [0.15, 0.2) is 5.78 Å². The Balaban J connectivity index is 1.69. The summed E-state index contributed by atoms with van der Waals surface area (Å²) in [6.07, 6.45) is 8.81. The monoisotopic (exact) mass is 418 g/mol. The van der Waals surface area contributed by atoms with Crippen LogP contribution in [0.4, 0.5) is 0 Å². The second-order valence-corrected chi connectivity index (χ2v) is 8.15. The summed E-state index contributed by atoms with van der Waals surface area (Å²) in [6.45, 7) is 5.29. The van der Waals surface area contributed by atoms with Crippen molar-refractivity contribution in [3.8, 4) is 5.75 Å². The molecule has 1 aliphatic rings. The van der Waals surface area contributed by atoms with E-state index in [1.54, 1.807) is 12.5 Å². The van der Waals surface area contributed by atoms with Crippen molar-refractivity contribution in [2.24, 2.45) is 0 Å². The Labute approximate surface area is 184 Å². The molecule has 0 fully saturated rings. The first kappa shape index (κ1) is 21.3. The number of rotatable bonds is 9. The van der Waals surface area contributed by atoms with Crippen LogP contribution < -0.4 is 4.74 Å². The van der Waals surface area contributed by atoms with E-state index in [1.165, 1.54) is 0 Å². The van der Waals surface area contributed by atoms with Crippen LogP contribution in [0.3, 0.4) is 0 Å². The molecule has 0 N–H and O–H groups in total. The molecular weight excluding hydrogens is 388 g/mol. The van der Waals surface area contributed by atoms with Gasteiger partial charge < -0.3 is 14.0 Å². The fourth-order valence-corrected chi connectivity index (χ4v) is 4.01. The summed E-state index contributed by atoms with van der Waals surface area (Å²) >= 11 is 0. The average Bonchev–Trinajstić information content (AvgIpc) is 3.31. The first-order chi connectivity index (χ1) is 15.2. The van der Waals surface area contributed by atoms with Gasteiger partial charge >= 0.3 is 0 Å². The van der Waals surface area contributed by atoms with E-state index in [9.17, 15) is 4.79 Å². The van der Waals surface area contributed by atoms with Crippen LogP contribution in [0.2, 0.25) is 0 Å². The Morgan fingerprint density at radius 3 is 2.71 bits per heavy atom. The predicted octanol–water partition coefficient (Wildman–Crippen LogP) is 5.54. The van der Waals surface area contributed by atoms with Crippen LogP contribution >= 0.6 is 0 Å². The number of benzene rings is 2. The van der Waals surface area contributed by atoms with Gasteiger partial charge in [0.05, 0.1) is 25.6 Å². The van der Waals surface area contributed by atoms with E-state index in [4.69, 9.17) is 9.47 Å². The standard InChI is InChI=1S/C26H30N2O3/c1-3-19(2)30-17-23-21-10-7-11-24(29)22(21)12-13-25(23)31-26(16-28-15-14-27-18-28)20-8-5-4-6-9-20/h4-6,8-9,12-15,18-19,26H,3,7,10-11,16-17H2,1-2H3. The Kier molecular flexibility index (Phi) is 6.82. The zero-order valence-electron chi connectivity index (χ0n) is 18.3. The van der Waals surface area contributed by atoms with Crippen LogP contribution in [-0.4, -0.2) is 21.4 Å². The summed E-state index contributed by atoms with van der Waals surface area (Å²) in [4.78, 5) is 16.7. The SMILES string of the molecule is CCC(C)OCc1c(OC(Cn2ccnc2)c2ccccc2)ccc2c1CCCC2=O. The second kappa shape index (κ2) is 9.92. The quantitative estimate of drug-likeness (QED) is 0.458. The molecule has 0 amide bonds. The number of carbonyl (C=O) groups is 1. The topological polar surface area (TPSA) is 53.4 Å². The van der Waals surface area contributed by atoms with Gasteiger partial charge in [0.1, 0.15) is 11.9 Å². The Morgan fingerprint density at radius 2 is 1.97 bits per heavy atom. The molecule has 1 aromatic heterocycles. The first-order valence-electron chi connectivity index (χ1n) is 11.1. The molecule has 0 spiro atoms. The van der Waals surface area contributed by atoms with Gasteiger partial charge in [0, 0.05) is 29.9 Å². The lowest BCUT2D eigenvalue weighted by molar-refractivity contribution is 0.0477. The Bertz CT molecular complexity index is 999. The van der Waals surface area contributed by atoms with E-state index in [0.717, 1.165) is 47.3 Å². The molecule has 2 unspecified atom stereocenters. The number of ether oxygens (including phenoxy) is 2. The zero-order valence-corrected chi connectivity index (χ0v) is 18.3. The Morgan fingerprint density at radius 1 is 1.13 bits per heavy atom. The van der Waals surface area contributed by atoms with E-state index >= 15 is 0 Å². The summed E-state index contributed by atoms with van der Waals surface area (Å²) < 4.78 is 14.8. The van der Waals surface area contributed by atoms with Crippen molar-refractivity contribution in [3.05, 3.63) is 83.4 Å². The van der Waals surface area contributed by atoms with E-state index in [-0.39, 0.29) is 18.0 Å². The third kappa shape index (κ3) is 5.05. The Hall–Kier alpha value is -2.92. The van der Waals surface area contributed by atoms with Crippen LogP contribution in [-0.2, 0) is 24.3 Å². The summed E-state index contributed by atoms with van der Waals surface area (Å²) in [7, 11) is 0. The highest BCUT2D eigenvalue weighted by atomic mass is 16.5. The molecule has 4 rings (SSSR count). The van der Waals surface area contributed by atoms with Gasteiger partial charge in [0.2, 0.25) is 0 Å². The fourth-order valence-electron chi connectivity index (χ4n) is 4.01. The second-order valence-electron chi connectivity index (χ2n) is 8.15. The number of carbonyl (C=O) groups excluding carboxylic acids is 1. The largest absolute Gasteiger partial charge is 0.483 e. The van der Waals surface area contributed by atoms with Crippen LogP contribution in [0.25, 0.3) is 0 Å². The van der Waals surface area contributed by atoms with Crippen LogP contribution in [0.1, 0.15) is 66.3 Å². The van der Waals surface area contributed by atoms with Crippen molar-refractivity contribution >= 4 is 5.78 Å².